The van der Waals surface area contributed by atoms with Gasteiger partial charge in [0.1, 0.15) is 17.2 Å². The van der Waals surface area contributed by atoms with Crippen molar-refractivity contribution in [1.29, 1.82) is 0 Å². The zero-order valence-corrected chi connectivity index (χ0v) is 26.2. The minimum absolute atomic E-state index is 0.0118. The quantitative estimate of drug-likeness (QED) is 0.197. The Kier molecular flexibility index (Phi) is 8.06. The smallest absolute Gasteiger partial charge is 0.345 e. The predicted molar refractivity (Wildman–Crippen MR) is 177 cm³/mol. The van der Waals surface area contributed by atoms with E-state index in [1.54, 1.807) is 13.2 Å². The summed E-state index contributed by atoms with van der Waals surface area (Å²) in [4.78, 5) is 33.0. The van der Waals surface area contributed by atoms with Crippen LogP contribution in [0.3, 0.4) is 0 Å². The summed E-state index contributed by atoms with van der Waals surface area (Å²) in [7, 11) is 1.66. The van der Waals surface area contributed by atoms with Crippen molar-refractivity contribution < 1.29 is 24.5 Å². The first kappa shape index (κ1) is 29.5. The Bertz CT molecular complexity index is 1900. The number of aliphatic hydroxyl groups excluding tert-OH is 1. The van der Waals surface area contributed by atoms with Crippen LogP contribution in [0.25, 0.3) is 43.6 Å². The number of ether oxygens (including phenoxy) is 1. The highest BCUT2D eigenvalue weighted by molar-refractivity contribution is 7.21. The Labute approximate surface area is 265 Å². The molecule has 1 aliphatic heterocycles. The van der Waals surface area contributed by atoms with E-state index in [1.165, 1.54) is 23.3 Å². The van der Waals surface area contributed by atoms with Crippen LogP contribution in [0.1, 0.15) is 66.1 Å². The second-order valence-electron chi connectivity index (χ2n) is 12.2. The molecule has 45 heavy (non-hydrogen) atoms. The van der Waals surface area contributed by atoms with E-state index in [4.69, 9.17) is 9.72 Å². The fraction of sp³-hybridized carbons (Fsp3) is 0.361. The summed E-state index contributed by atoms with van der Waals surface area (Å²) >= 11 is 1.32. The largest absolute Gasteiger partial charge is 0.496 e. The molecule has 2 aromatic carbocycles. The van der Waals surface area contributed by atoms with Crippen molar-refractivity contribution in [2.24, 2.45) is 0 Å². The van der Waals surface area contributed by atoms with E-state index in [1.807, 2.05) is 41.3 Å². The van der Waals surface area contributed by atoms with Crippen LogP contribution in [0.2, 0.25) is 0 Å². The number of pyridine rings is 1. The maximum absolute atomic E-state index is 13.8. The number of carboxylic acid groups (broad SMARTS) is 1. The second-order valence-corrected chi connectivity index (χ2v) is 13.3. The third-order valence-corrected chi connectivity index (χ3v) is 10.6. The molecule has 2 fully saturated rings. The van der Waals surface area contributed by atoms with E-state index in [0.29, 0.717) is 31.8 Å². The van der Waals surface area contributed by atoms with E-state index >= 15 is 0 Å². The highest BCUT2D eigenvalue weighted by atomic mass is 32.1. The van der Waals surface area contributed by atoms with Gasteiger partial charge in [0, 0.05) is 24.0 Å². The SMILES string of the molecule is COc1ccccc1-c1ccc2cc(-c3c(C4CCCCC4)c4sc(C(=O)O)cc4n3CC(=O)N3CCC(O)CC3)ccc2n1. The van der Waals surface area contributed by atoms with Crippen molar-refractivity contribution >= 4 is 44.3 Å². The number of para-hydroxylation sites is 1. The molecule has 232 valence electrons. The number of hydrogen-bond donors (Lipinski definition) is 2. The molecule has 2 aliphatic rings. The Hall–Kier alpha value is -4.21. The van der Waals surface area contributed by atoms with Gasteiger partial charge in [-0.3, -0.25) is 4.79 Å². The number of nitrogens with zero attached hydrogens (tertiary/aromatic N) is 3. The van der Waals surface area contributed by atoms with E-state index < -0.39 is 5.97 Å². The summed E-state index contributed by atoms with van der Waals surface area (Å²) in [6.07, 6.45) is 6.34. The number of methoxy groups -OCH3 is 1. The molecule has 4 heterocycles. The van der Waals surface area contributed by atoms with Gasteiger partial charge in [0.05, 0.1) is 40.3 Å². The Morgan fingerprint density at radius 3 is 2.51 bits per heavy atom. The normalized spacial score (nSPS) is 16.4. The first-order chi connectivity index (χ1) is 21.9. The third-order valence-electron chi connectivity index (χ3n) is 9.45. The van der Waals surface area contributed by atoms with Gasteiger partial charge in [0.15, 0.2) is 0 Å². The number of rotatable bonds is 7. The number of aliphatic hydroxyl groups is 1. The van der Waals surface area contributed by atoms with Gasteiger partial charge in [0.2, 0.25) is 5.91 Å². The van der Waals surface area contributed by atoms with Gasteiger partial charge < -0.3 is 24.4 Å². The van der Waals surface area contributed by atoms with Crippen LogP contribution in [0.15, 0.2) is 60.7 Å². The minimum Gasteiger partial charge on any atom is -0.496 e. The molecule has 9 heteroatoms. The molecule has 0 spiro atoms. The number of aromatic carboxylic acids is 1. The van der Waals surface area contributed by atoms with Gasteiger partial charge in [-0.2, -0.15) is 0 Å². The number of benzene rings is 2. The van der Waals surface area contributed by atoms with Crippen LogP contribution in [-0.2, 0) is 11.3 Å². The molecule has 1 saturated carbocycles. The van der Waals surface area contributed by atoms with Crippen LogP contribution in [-0.4, -0.2) is 62.8 Å². The molecule has 5 aromatic rings. The summed E-state index contributed by atoms with van der Waals surface area (Å²) in [6.45, 7) is 1.16. The summed E-state index contributed by atoms with van der Waals surface area (Å²) in [5.74, 6) is 0.101. The lowest BCUT2D eigenvalue weighted by Crippen LogP contribution is -2.41. The second kappa shape index (κ2) is 12.3. The number of fused-ring (bicyclic) bond motifs is 2. The fourth-order valence-corrected chi connectivity index (χ4v) is 8.25. The summed E-state index contributed by atoms with van der Waals surface area (Å²) in [6, 6.07) is 20.0. The maximum Gasteiger partial charge on any atom is 0.345 e. The maximum atomic E-state index is 13.8. The van der Waals surface area contributed by atoms with E-state index in [9.17, 15) is 19.8 Å². The van der Waals surface area contributed by atoms with E-state index in [0.717, 1.165) is 75.1 Å². The number of carboxylic acids is 1. The van der Waals surface area contributed by atoms with Gasteiger partial charge in [-0.05, 0) is 79.1 Å². The minimum atomic E-state index is -0.946. The topological polar surface area (TPSA) is 105 Å². The van der Waals surface area contributed by atoms with Crippen molar-refractivity contribution in [2.45, 2.75) is 63.5 Å². The lowest BCUT2D eigenvalue weighted by atomic mass is 9.83. The Morgan fingerprint density at radius 1 is 0.978 bits per heavy atom. The molecule has 1 saturated heterocycles. The van der Waals surface area contributed by atoms with Crippen molar-refractivity contribution in [3.05, 3.63) is 71.1 Å². The lowest BCUT2D eigenvalue weighted by molar-refractivity contribution is -0.133. The Morgan fingerprint density at radius 2 is 1.76 bits per heavy atom. The molecule has 1 amide bonds. The number of piperidine rings is 1. The Balaban J connectivity index is 1.37. The summed E-state index contributed by atoms with van der Waals surface area (Å²) in [5, 5.41) is 20.9. The average molecular weight is 624 g/mol. The van der Waals surface area contributed by atoms with Gasteiger partial charge in [-0.15, -0.1) is 11.3 Å². The van der Waals surface area contributed by atoms with Crippen LogP contribution in [0, 0.1) is 0 Å². The molecule has 2 N–H and O–H groups in total. The van der Waals surface area contributed by atoms with Crippen molar-refractivity contribution in [2.75, 3.05) is 20.2 Å². The molecule has 8 nitrogen and oxygen atoms in total. The molecular formula is C36H37N3O5S. The van der Waals surface area contributed by atoms with Crippen LogP contribution in [0.4, 0.5) is 0 Å². The predicted octanol–water partition coefficient (Wildman–Crippen LogP) is 7.32. The van der Waals surface area contributed by atoms with Gasteiger partial charge in [-0.25, -0.2) is 9.78 Å². The molecule has 0 bridgehead atoms. The summed E-state index contributed by atoms with van der Waals surface area (Å²) in [5.41, 5.74) is 6.59. The van der Waals surface area contributed by atoms with Gasteiger partial charge in [-0.1, -0.05) is 43.5 Å². The molecule has 3 aromatic heterocycles. The number of likely N-dealkylation sites (tertiary alicyclic amines) is 1. The molecule has 0 radical (unpaired) electrons. The molecular weight excluding hydrogens is 586 g/mol. The lowest BCUT2D eigenvalue weighted by Gasteiger charge is -2.30. The van der Waals surface area contributed by atoms with Crippen LogP contribution >= 0.6 is 11.3 Å². The number of hydrogen-bond acceptors (Lipinski definition) is 6. The standard InChI is InChI=1S/C36H37N3O5S/c1-44-30-10-6-5-9-26(30)28-14-11-23-19-24(12-13-27(23)37-28)34-33(22-7-3-2-4-8-22)35-29(20-31(45-35)36(42)43)39(34)21-32(41)38-17-15-25(40)16-18-38/h5-6,9-14,19-20,22,25,40H,2-4,7-8,15-18,21H2,1H3,(H,42,43). The molecule has 1 aliphatic carbocycles. The average Bonchev–Trinajstić information content (AvgIpc) is 3.63. The van der Waals surface area contributed by atoms with E-state index in [2.05, 4.69) is 22.8 Å². The van der Waals surface area contributed by atoms with Gasteiger partial charge >= 0.3 is 5.97 Å². The number of aromatic nitrogens is 2. The molecule has 0 unspecified atom stereocenters. The number of amides is 1. The monoisotopic (exact) mass is 623 g/mol. The van der Waals surface area contributed by atoms with Gasteiger partial charge in [0.25, 0.3) is 0 Å². The number of carbonyl (C=O) groups is 2. The zero-order chi connectivity index (χ0) is 31.1. The zero-order valence-electron chi connectivity index (χ0n) is 25.4. The van der Waals surface area contributed by atoms with E-state index in [-0.39, 0.29) is 23.4 Å². The first-order valence-corrected chi connectivity index (χ1v) is 16.6. The number of thiophene rings is 1. The van der Waals surface area contributed by atoms with Crippen molar-refractivity contribution in [3.8, 4) is 28.3 Å². The number of carbonyl (C=O) groups excluding carboxylic acids is 1. The first-order valence-electron chi connectivity index (χ1n) is 15.8. The molecule has 7 rings (SSSR count). The highest BCUT2D eigenvalue weighted by Gasteiger charge is 2.31. The molecule has 0 atom stereocenters. The van der Waals surface area contributed by atoms with Crippen LogP contribution < -0.4 is 4.74 Å². The fourth-order valence-electron chi connectivity index (χ4n) is 7.13. The highest BCUT2D eigenvalue weighted by Crippen LogP contribution is 2.47. The van der Waals surface area contributed by atoms with Crippen molar-refractivity contribution in [3.63, 3.8) is 0 Å². The van der Waals surface area contributed by atoms with Crippen molar-refractivity contribution in [1.82, 2.24) is 14.5 Å². The van der Waals surface area contributed by atoms with Crippen LogP contribution in [0.5, 0.6) is 5.75 Å². The summed E-state index contributed by atoms with van der Waals surface area (Å²) < 4.78 is 8.61. The third kappa shape index (κ3) is 5.59.